The lowest BCUT2D eigenvalue weighted by Crippen LogP contribution is -2.44. The first-order valence-corrected chi connectivity index (χ1v) is 9.32. The van der Waals surface area contributed by atoms with Crippen molar-refractivity contribution in [1.29, 1.82) is 0 Å². The summed E-state index contributed by atoms with van der Waals surface area (Å²) in [6.45, 7) is 4.87. The van der Waals surface area contributed by atoms with Crippen molar-refractivity contribution in [3.63, 3.8) is 0 Å². The fourth-order valence-corrected chi connectivity index (χ4v) is 4.77. The zero-order valence-corrected chi connectivity index (χ0v) is 17.3. The second-order valence-corrected chi connectivity index (χ2v) is 7.59. The fourth-order valence-electron chi connectivity index (χ4n) is 4.77. The van der Waals surface area contributed by atoms with Crippen LogP contribution in [0.2, 0.25) is 0 Å². The molecule has 1 fully saturated rings. The van der Waals surface area contributed by atoms with Crippen molar-refractivity contribution in [1.82, 2.24) is 4.90 Å². The molecule has 2 aliphatic rings. The van der Waals surface area contributed by atoms with E-state index in [-0.39, 0.29) is 30.4 Å². The third-order valence-corrected chi connectivity index (χ3v) is 6.24. The van der Waals surface area contributed by atoms with Crippen LogP contribution >= 0.6 is 24.8 Å². The molecule has 1 aliphatic carbocycles. The van der Waals surface area contributed by atoms with Crippen LogP contribution in [0.25, 0.3) is 0 Å². The summed E-state index contributed by atoms with van der Waals surface area (Å²) in [6.07, 6.45) is 5.07. The zero-order chi connectivity index (χ0) is 16.6. The Kier molecular flexibility index (Phi) is 7.01. The van der Waals surface area contributed by atoms with Crippen LogP contribution in [0.15, 0.2) is 48.5 Å². The highest BCUT2D eigenvalue weighted by molar-refractivity contribution is 5.85. The summed E-state index contributed by atoms with van der Waals surface area (Å²) in [5, 5.41) is 3.29. The average molecular weight is 393 g/mol. The van der Waals surface area contributed by atoms with Gasteiger partial charge in [0, 0.05) is 24.8 Å². The number of nitrogens with zero attached hydrogens (tertiary/aromatic N) is 1. The van der Waals surface area contributed by atoms with Gasteiger partial charge in [-0.1, -0.05) is 36.4 Å². The molecule has 0 amide bonds. The Bertz CT molecular complexity index is 719. The van der Waals surface area contributed by atoms with Crippen molar-refractivity contribution in [2.45, 2.75) is 44.1 Å². The Labute approximate surface area is 170 Å². The molecule has 0 saturated carbocycles. The van der Waals surface area contributed by atoms with Gasteiger partial charge in [0.25, 0.3) is 0 Å². The van der Waals surface area contributed by atoms with Gasteiger partial charge in [-0.05, 0) is 73.9 Å². The molecule has 26 heavy (non-hydrogen) atoms. The number of halogens is 2. The number of benzene rings is 2. The molecular formula is C22H30Cl2N2. The van der Waals surface area contributed by atoms with Gasteiger partial charge in [-0.15, -0.1) is 24.8 Å². The van der Waals surface area contributed by atoms with Crippen LogP contribution in [0, 0.1) is 0 Å². The van der Waals surface area contributed by atoms with Crippen LogP contribution in [0.5, 0.6) is 0 Å². The highest BCUT2D eigenvalue weighted by Crippen LogP contribution is 2.44. The number of hydrogen-bond acceptors (Lipinski definition) is 2. The molecule has 1 saturated heterocycles. The molecule has 2 aromatic rings. The Morgan fingerprint density at radius 1 is 1.08 bits per heavy atom. The number of fused-ring (bicyclic) bond motifs is 1. The summed E-state index contributed by atoms with van der Waals surface area (Å²) < 4.78 is 0. The molecule has 0 aromatic heterocycles. The smallest absolute Gasteiger partial charge is 0.0435 e. The van der Waals surface area contributed by atoms with Crippen molar-refractivity contribution in [3.05, 3.63) is 65.2 Å². The van der Waals surface area contributed by atoms with E-state index in [1.807, 2.05) is 7.05 Å². The monoisotopic (exact) mass is 392 g/mol. The number of likely N-dealkylation sites (tertiary alicyclic amines) is 1. The minimum Gasteiger partial charge on any atom is -0.388 e. The topological polar surface area (TPSA) is 15.3 Å². The van der Waals surface area contributed by atoms with Gasteiger partial charge in [0.2, 0.25) is 0 Å². The van der Waals surface area contributed by atoms with Gasteiger partial charge in [0.05, 0.1) is 0 Å². The standard InChI is InChI=1S/C22H28N2.2ClH/c1-22(13-6-9-18-15-20(23-2)10-11-21(18)22)24-14-12-19(16-24)17-7-4-3-5-8-17;;/h3-5,7-8,10-11,15,19,23H,6,9,12-14,16H2,1-2H3;2*1H. The Morgan fingerprint density at radius 3 is 2.58 bits per heavy atom. The molecule has 1 heterocycles. The molecule has 2 unspecified atom stereocenters. The van der Waals surface area contributed by atoms with Gasteiger partial charge < -0.3 is 5.32 Å². The molecule has 2 aromatic carbocycles. The summed E-state index contributed by atoms with van der Waals surface area (Å²) in [7, 11) is 2.01. The molecule has 2 atom stereocenters. The highest BCUT2D eigenvalue weighted by atomic mass is 35.5. The summed E-state index contributed by atoms with van der Waals surface area (Å²) in [4.78, 5) is 2.75. The van der Waals surface area contributed by atoms with Gasteiger partial charge in [-0.25, -0.2) is 0 Å². The van der Waals surface area contributed by atoms with E-state index in [4.69, 9.17) is 0 Å². The van der Waals surface area contributed by atoms with Crippen LogP contribution in [0.1, 0.15) is 48.8 Å². The molecule has 1 aliphatic heterocycles. The summed E-state index contributed by atoms with van der Waals surface area (Å²) in [5.74, 6) is 0.685. The molecule has 4 heteroatoms. The average Bonchev–Trinajstić information content (AvgIpc) is 3.13. The van der Waals surface area contributed by atoms with Crippen molar-refractivity contribution < 1.29 is 0 Å². The van der Waals surface area contributed by atoms with Crippen LogP contribution in [-0.4, -0.2) is 25.0 Å². The molecule has 0 spiro atoms. The maximum atomic E-state index is 3.29. The lowest BCUT2D eigenvalue weighted by molar-refractivity contribution is 0.111. The van der Waals surface area contributed by atoms with E-state index < -0.39 is 0 Å². The highest BCUT2D eigenvalue weighted by Gasteiger charge is 2.41. The van der Waals surface area contributed by atoms with Crippen LogP contribution in [0.4, 0.5) is 5.69 Å². The molecule has 0 bridgehead atoms. The predicted octanol–water partition coefficient (Wildman–Crippen LogP) is 5.61. The number of rotatable bonds is 3. The Morgan fingerprint density at radius 2 is 1.85 bits per heavy atom. The maximum Gasteiger partial charge on any atom is 0.0435 e. The number of anilines is 1. The van der Waals surface area contributed by atoms with Gasteiger partial charge in [0.15, 0.2) is 0 Å². The van der Waals surface area contributed by atoms with Crippen molar-refractivity contribution >= 4 is 30.5 Å². The lowest BCUT2D eigenvalue weighted by atomic mass is 9.76. The Balaban J connectivity index is 0.00000121. The number of aryl methyl sites for hydroxylation is 1. The van der Waals surface area contributed by atoms with Crippen LogP contribution < -0.4 is 5.32 Å². The van der Waals surface area contributed by atoms with E-state index in [2.05, 4.69) is 65.7 Å². The normalized spacial score (nSPS) is 24.9. The predicted molar refractivity (Wildman–Crippen MR) is 116 cm³/mol. The minimum atomic E-state index is 0. The van der Waals surface area contributed by atoms with E-state index in [1.165, 1.54) is 50.0 Å². The summed E-state index contributed by atoms with van der Waals surface area (Å²) in [6, 6.07) is 18.0. The van der Waals surface area contributed by atoms with Crippen molar-refractivity contribution in [2.24, 2.45) is 0 Å². The van der Waals surface area contributed by atoms with E-state index in [9.17, 15) is 0 Å². The first-order valence-electron chi connectivity index (χ1n) is 9.32. The van der Waals surface area contributed by atoms with E-state index >= 15 is 0 Å². The van der Waals surface area contributed by atoms with Crippen molar-refractivity contribution in [3.8, 4) is 0 Å². The second kappa shape index (κ2) is 8.65. The van der Waals surface area contributed by atoms with Gasteiger partial charge in [0.1, 0.15) is 0 Å². The first kappa shape index (κ1) is 21.1. The first-order chi connectivity index (χ1) is 11.7. The minimum absolute atomic E-state index is 0. The van der Waals surface area contributed by atoms with Crippen LogP contribution in [-0.2, 0) is 12.0 Å². The number of hydrogen-bond donors (Lipinski definition) is 1. The molecule has 4 rings (SSSR count). The van der Waals surface area contributed by atoms with Crippen molar-refractivity contribution in [2.75, 3.05) is 25.5 Å². The van der Waals surface area contributed by atoms with Gasteiger partial charge in [-0.3, -0.25) is 4.90 Å². The maximum absolute atomic E-state index is 3.29. The second-order valence-electron chi connectivity index (χ2n) is 7.59. The molecule has 2 nitrogen and oxygen atoms in total. The molecule has 0 radical (unpaired) electrons. The third-order valence-electron chi connectivity index (χ3n) is 6.24. The summed E-state index contributed by atoms with van der Waals surface area (Å²) in [5.41, 5.74) is 6.04. The van der Waals surface area contributed by atoms with Crippen LogP contribution in [0.3, 0.4) is 0 Å². The van der Waals surface area contributed by atoms with Gasteiger partial charge >= 0.3 is 0 Å². The van der Waals surface area contributed by atoms with E-state index in [0.717, 1.165) is 0 Å². The molecule has 1 N–H and O–H groups in total. The lowest BCUT2D eigenvalue weighted by Gasteiger charge is -2.44. The Hall–Kier alpha value is -1.22. The quantitative estimate of drug-likeness (QED) is 0.729. The fraction of sp³-hybridized carbons (Fsp3) is 0.455. The number of nitrogens with one attached hydrogen (secondary N) is 1. The third kappa shape index (κ3) is 3.74. The largest absolute Gasteiger partial charge is 0.388 e. The van der Waals surface area contributed by atoms with E-state index in [0.29, 0.717) is 5.92 Å². The molecule has 142 valence electrons. The molecular weight excluding hydrogens is 363 g/mol. The van der Waals surface area contributed by atoms with Gasteiger partial charge in [-0.2, -0.15) is 0 Å². The SMILES string of the molecule is CNc1ccc2c(c1)CCCC2(C)N1CCC(c2ccccc2)C1.Cl.Cl. The summed E-state index contributed by atoms with van der Waals surface area (Å²) >= 11 is 0. The zero-order valence-electron chi connectivity index (χ0n) is 15.7. The van der Waals surface area contributed by atoms with E-state index in [1.54, 1.807) is 11.1 Å².